The van der Waals surface area contributed by atoms with Crippen LogP contribution in [0, 0.1) is 13.8 Å². The number of carbonyl (C=O) groups excluding carboxylic acids is 1. The maximum atomic E-state index is 15.6. The molecular formula is C39H26F6O2S2. The number of fused-ring (bicyclic) bond motifs is 1. The highest BCUT2D eigenvalue weighted by Crippen LogP contribution is 2.66. The van der Waals surface area contributed by atoms with Gasteiger partial charge in [0, 0.05) is 30.7 Å². The number of thiophene rings is 2. The van der Waals surface area contributed by atoms with Crippen molar-refractivity contribution in [2.24, 2.45) is 0 Å². The van der Waals surface area contributed by atoms with Gasteiger partial charge >= 0.3 is 23.7 Å². The van der Waals surface area contributed by atoms with E-state index in [4.69, 9.17) is 4.74 Å². The van der Waals surface area contributed by atoms with Crippen molar-refractivity contribution in [2.75, 3.05) is 0 Å². The maximum absolute atomic E-state index is 15.6. The number of ether oxygens (including phenoxy) is 1. The third kappa shape index (κ3) is 5.38. The zero-order chi connectivity index (χ0) is 34.7. The molecule has 0 spiro atoms. The number of alkyl halides is 6. The minimum absolute atomic E-state index is 0.0331. The largest absolute Gasteiger partial charge is 0.457 e. The van der Waals surface area contributed by atoms with Crippen LogP contribution in [0.4, 0.5) is 26.3 Å². The molecule has 0 fully saturated rings. The van der Waals surface area contributed by atoms with Crippen LogP contribution in [0.15, 0.2) is 109 Å². The van der Waals surface area contributed by atoms with Gasteiger partial charge in [0.25, 0.3) is 0 Å². The van der Waals surface area contributed by atoms with E-state index in [0.717, 1.165) is 33.4 Å². The molecule has 2 nitrogen and oxygen atoms in total. The Kier molecular flexibility index (Phi) is 8.07. The number of rotatable bonds is 7. The summed E-state index contributed by atoms with van der Waals surface area (Å²) in [7, 11) is 0. The SMILES string of the molecule is Cc1sc(-c2ccccc2)cc1C1=C(c2cc(-c3ccc(COC(=O)c4cccc5ccccc45)cc3)sc2C)C(F)(F)C(F)(F)C1(F)F. The summed E-state index contributed by atoms with van der Waals surface area (Å²) < 4.78 is 98.2. The van der Waals surface area contributed by atoms with Gasteiger partial charge in [0.15, 0.2) is 0 Å². The lowest BCUT2D eigenvalue weighted by Crippen LogP contribution is -2.48. The van der Waals surface area contributed by atoms with Gasteiger partial charge in [0.1, 0.15) is 6.61 Å². The van der Waals surface area contributed by atoms with Gasteiger partial charge in [-0.25, -0.2) is 4.79 Å². The topological polar surface area (TPSA) is 26.3 Å². The van der Waals surface area contributed by atoms with Crippen LogP contribution in [-0.4, -0.2) is 23.7 Å². The molecule has 10 heteroatoms. The Labute approximate surface area is 285 Å². The summed E-state index contributed by atoms with van der Waals surface area (Å²) in [5.74, 6) is -16.4. The molecule has 0 aliphatic heterocycles. The number of halogens is 6. The Morgan fingerprint density at radius 3 is 1.73 bits per heavy atom. The molecular weight excluding hydrogens is 679 g/mol. The summed E-state index contributed by atoms with van der Waals surface area (Å²) >= 11 is 2.12. The summed E-state index contributed by atoms with van der Waals surface area (Å²) in [6.45, 7) is 2.89. The molecule has 0 saturated heterocycles. The molecule has 0 unspecified atom stereocenters. The van der Waals surface area contributed by atoms with Gasteiger partial charge in [-0.1, -0.05) is 91.0 Å². The number of hydrogen-bond acceptors (Lipinski definition) is 4. The average molecular weight is 705 g/mol. The fourth-order valence-electron chi connectivity index (χ4n) is 6.18. The Hall–Kier alpha value is -4.67. The number of benzene rings is 4. The summed E-state index contributed by atoms with van der Waals surface area (Å²) in [6.07, 6.45) is 0. The summed E-state index contributed by atoms with van der Waals surface area (Å²) in [5.41, 5.74) is -1.09. The molecule has 0 amide bonds. The highest BCUT2D eigenvalue weighted by atomic mass is 32.1. The molecule has 248 valence electrons. The van der Waals surface area contributed by atoms with Gasteiger partial charge in [-0.15, -0.1) is 22.7 Å². The van der Waals surface area contributed by atoms with E-state index in [1.807, 2.05) is 30.3 Å². The molecule has 49 heavy (non-hydrogen) atoms. The highest BCUT2D eigenvalue weighted by Gasteiger charge is 2.80. The van der Waals surface area contributed by atoms with E-state index in [1.54, 1.807) is 66.7 Å². The van der Waals surface area contributed by atoms with Crippen molar-refractivity contribution >= 4 is 50.6 Å². The Morgan fingerprint density at radius 2 is 1.14 bits per heavy atom. The summed E-state index contributed by atoms with van der Waals surface area (Å²) in [4.78, 5) is 14.2. The zero-order valence-corrected chi connectivity index (χ0v) is 27.6. The summed E-state index contributed by atoms with van der Waals surface area (Å²) in [5, 5.41) is 1.67. The van der Waals surface area contributed by atoms with Crippen LogP contribution in [0.3, 0.4) is 0 Å². The van der Waals surface area contributed by atoms with E-state index in [1.165, 1.54) is 26.0 Å². The monoisotopic (exact) mass is 704 g/mol. The first-order chi connectivity index (χ1) is 23.3. The van der Waals surface area contributed by atoms with Gasteiger partial charge in [-0.2, -0.15) is 26.3 Å². The van der Waals surface area contributed by atoms with Gasteiger partial charge < -0.3 is 4.74 Å². The smallest absolute Gasteiger partial charge is 0.380 e. The lowest BCUT2D eigenvalue weighted by molar-refractivity contribution is -0.254. The molecule has 1 aliphatic rings. The molecule has 0 radical (unpaired) electrons. The second-order valence-electron chi connectivity index (χ2n) is 11.8. The van der Waals surface area contributed by atoms with Crippen LogP contribution in [0.5, 0.6) is 0 Å². The minimum Gasteiger partial charge on any atom is -0.457 e. The van der Waals surface area contributed by atoms with Crippen LogP contribution in [0.25, 0.3) is 42.8 Å². The first kappa shape index (κ1) is 32.9. The van der Waals surface area contributed by atoms with Crippen molar-refractivity contribution in [3.05, 3.63) is 141 Å². The fraction of sp³-hybridized carbons (Fsp3) is 0.154. The normalized spacial score (nSPS) is 16.3. The van der Waals surface area contributed by atoms with Crippen LogP contribution in [-0.2, 0) is 11.3 Å². The maximum Gasteiger partial charge on any atom is 0.380 e. The van der Waals surface area contributed by atoms with Crippen molar-refractivity contribution in [2.45, 2.75) is 38.2 Å². The highest BCUT2D eigenvalue weighted by molar-refractivity contribution is 7.16. The third-order valence-electron chi connectivity index (χ3n) is 8.72. The van der Waals surface area contributed by atoms with Crippen molar-refractivity contribution in [3.8, 4) is 20.9 Å². The quantitative estimate of drug-likeness (QED) is 0.122. The second-order valence-corrected chi connectivity index (χ2v) is 14.3. The Balaban J connectivity index is 1.21. The van der Waals surface area contributed by atoms with Crippen LogP contribution in [0.2, 0.25) is 0 Å². The van der Waals surface area contributed by atoms with E-state index in [9.17, 15) is 4.79 Å². The van der Waals surface area contributed by atoms with Gasteiger partial charge in [0.05, 0.1) is 5.56 Å². The predicted molar refractivity (Wildman–Crippen MR) is 184 cm³/mol. The van der Waals surface area contributed by atoms with Gasteiger partial charge in [0.2, 0.25) is 0 Å². The summed E-state index contributed by atoms with van der Waals surface area (Å²) in [6, 6.07) is 30.8. The standard InChI is InChI=1S/C39H26F6O2S2/c1-22-30(19-32(48-22)26-10-4-3-5-11-26)34-35(38(42,43)39(44,45)37(34,40)41)31-20-33(49-23(31)2)27-17-15-24(16-18-27)21-47-36(46)29-14-8-12-25-9-6-7-13-28(25)29/h3-20H,21H2,1-2H3. The molecule has 0 saturated carbocycles. The molecule has 1 aliphatic carbocycles. The molecule has 0 N–H and O–H groups in total. The van der Waals surface area contributed by atoms with Crippen molar-refractivity contribution in [1.29, 1.82) is 0 Å². The zero-order valence-electron chi connectivity index (χ0n) is 26.0. The lowest BCUT2D eigenvalue weighted by Gasteiger charge is -2.25. The van der Waals surface area contributed by atoms with E-state index >= 15 is 26.3 Å². The average Bonchev–Trinajstić information content (AvgIpc) is 3.70. The van der Waals surface area contributed by atoms with Crippen molar-refractivity contribution < 1.29 is 35.9 Å². The molecule has 7 rings (SSSR count). The molecule has 6 aromatic rings. The number of hydrogen-bond donors (Lipinski definition) is 0. The van der Waals surface area contributed by atoms with Gasteiger partial charge in [-0.3, -0.25) is 0 Å². The van der Waals surface area contributed by atoms with Crippen LogP contribution in [0.1, 0.15) is 36.8 Å². The molecule has 2 heterocycles. The molecule has 0 atom stereocenters. The van der Waals surface area contributed by atoms with Crippen LogP contribution < -0.4 is 0 Å². The van der Waals surface area contributed by atoms with Crippen molar-refractivity contribution in [3.63, 3.8) is 0 Å². The molecule has 2 aromatic heterocycles. The van der Waals surface area contributed by atoms with E-state index in [0.29, 0.717) is 32.0 Å². The van der Waals surface area contributed by atoms with Gasteiger partial charge in [-0.05, 0) is 70.6 Å². The van der Waals surface area contributed by atoms with E-state index in [2.05, 4.69) is 0 Å². The van der Waals surface area contributed by atoms with E-state index in [-0.39, 0.29) is 27.5 Å². The number of esters is 1. The number of carbonyl (C=O) groups is 1. The minimum atomic E-state index is -5.65. The Morgan fingerprint density at radius 1 is 0.633 bits per heavy atom. The van der Waals surface area contributed by atoms with E-state index < -0.39 is 34.9 Å². The lowest BCUT2D eigenvalue weighted by atomic mass is 9.94. The third-order valence-corrected chi connectivity index (χ3v) is 10.9. The molecule has 4 aromatic carbocycles. The predicted octanol–water partition coefficient (Wildman–Crippen LogP) is 12.1. The first-order valence-corrected chi connectivity index (χ1v) is 16.8. The second kappa shape index (κ2) is 12.0. The Bertz CT molecular complexity index is 2240. The van der Waals surface area contributed by atoms with Crippen molar-refractivity contribution in [1.82, 2.24) is 0 Å². The first-order valence-electron chi connectivity index (χ1n) is 15.2. The molecule has 0 bridgehead atoms. The van der Waals surface area contributed by atoms with Crippen LogP contribution >= 0.6 is 22.7 Å². The number of allylic oxidation sites excluding steroid dienone is 2. The fourth-order valence-corrected chi connectivity index (χ4v) is 8.24. The number of aryl methyl sites for hydroxylation is 2.